The second-order valence-electron chi connectivity index (χ2n) is 15.3. The lowest BCUT2D eigenvalue weighted by Crippen LogP contribution is -2.55. The highest BCUT2D eigenvalue weighted by Gasteiger charge is 2.69. The molecule has 2 saturated heterocycles. The molecule has 0 aromatic carbocycles. The molecule has 4 nitrogen and oxygen atoms in total. The number of fused-ring (bicyclic) bond motifs is 7. The SMILES string of the molecule is CC[C@@H](C)CC(=O)O[C@@H]1CC[C@@]2(C)[C@@H](CC[C@@H]3[C@@H]2CC[C@]2(C)[C@@H]4[C@H](C[C@@H]32)O[C@]2(CC[C@@H](C)CO2)[C@H]4C)C1. The molecule has 13 atom stereocenters. The molecule has 1 spiro atoms. The number of esters is 1. The average Bonchev–Trinajstić information content (AvgIpc) is 3.31. The minimum atomic E-state index is -0.305. The summed E-state index contributed by atoms with van der Waals surface area (Å²) >= 11 is 0. The number of hydrogen-bond acceptors (Lipinski definition) is 4. The van der Waals surface area contributed by atoms with Gasteiger partial charge in [-0.15, -0.1) is 0 Å². The molecule has 0 amide bonds. The van der Waals surface area contributed by atoms with Gasteiger partial charge in [0.1, 0.15) is 6.10 Å². The normalized spacial score (nSPS) is 53.6. The molecule has 6 fully saturated rings. The van der Waals surface area contributed by atoms with E-state index < -0.39 is 0 Å². The molecule has 0 aromatic heterocycles. The van der Waals surface area contributed by atoms with Crippen molar-refractivity contribution in [2.75, 3.05) is 6.61 Å². The molecule has 4 aliphatic carbocycles. The summed E-state index contributed by atoms with van der Waals surface area (Å²) in [5.74, 6) is 5.15. The van der Waals surface area contributed by atoms with Crippen molar-refractivity contribution in [3.05, 3.63) is 0 Å². The number of ether oxygens (including phenoxy) is 3. The summed E-state index contributed by atoms with van der Waals surface area (Å²) in [7, 11) is 0. The number of rotatable bonds is 4. The maximum Gasteiger partial charge on any atom is 0.306 e. The Morgan fingerprint density at radius 3 is 2.49 bits per heavy atom. The first-order chi connectivity index (χ1) is 17.6. The average molecular weight is 515 g/mol. The van der Waals surface area contributed by atoms with Crippen molar-refractivity contribution in [1.82, 2.24) is 0 Å². The van der Waals surface area contributed by atoms with Crippen molar-refractivity contribution >= 4 is 5.97 Å². The van der Waals surface area contributed by atoms with Crippen molar-refractivity contribution in [2.45, 2.75) is 137 Å². The van der Waals surface area contributed by atoms with Crippen LogP contribution in [0, 0.1) is 58.2 Å². The first-order valence-electron chi connectivity index (χ1n) is 16.1. The zero-order chi connectivity index (χ0) is 26.2. The zero-order valence-corrected chi connectivity index (χ0v) is 24.6. The van der Waals surface area contributed by atoms with Crippen molar-refractivity contribution in [1.29, 1.82) is 0 Å². The van der Waals surface area contributed by atoms with Gasteiger partial charge in [0.2, 0.25) is 0 Å². The Morgan fingerprint density at radius 2 is 1.76 bits per heavy atom. The predicted octanol–water partition coefficient (Wildman–Crippen LogP) is 7.78. The molecule has 37 heavy (non-hydrogen) atoms. The number of hydrogen-bond donors (Lipinski definition) is 0. The summed E-state index contributed by atoms with van der Waals surface area (Å²) < 4.78 is 19.5. The van der Waals surface area contributed by atoms with E-state index >= 15 is 0 Å². The van der Waals surface area contributed by atoms with Crippen LogP contribution in [0.15, 0.2) is 0 Å². The van der Waals surface area contributed by atoms with Gasteiger partial charge in [-0.3, -0.25) is 4.79 Å². The summed E-state index contributed by atoms with van der Waals surface area (Å²) in [6.45, 7) is 15.2. The van der Waals surface area contributed by atoms with Crippen LogP contribution in [0.2, 0.25) is 0 Å². The Hall–Kier alpha value is -0.610. The van der Waals surface area contributed by atoms with E-state index in [1.165, 1.54) is 44.9 Å². The lowest BCUT2D eigenvalue weighted by Gasteiger charge is -2.61. The summed E-state index contributed by atoms with van der Waals surface area (Å²) in [5.41, 5.74) is 0.810. The molecule has 0 radical (unpaired) electrons. The Kier molecular flexibility index (Phi) is 6.83. The quantitative estimate of drug-likeness (QED) is 0.359. The van der Waals surface area contributed by atoms with E-state index in [0.717, 1.165) is 50.0 Å². The highest BCUT2D eigenvalue weighted by atomic mass is 16.7. The standard InChI is InChI=1S/C33H54O4/c1-7-20(2)16-29(34)36-24-11-13-31(5)23(17-24)8-9-25-26(31)12-14-32(6)27(25)18-28-30(32)22(4)33(37-28)15-10-21(3)19-35-33/h20-28,30H,7-19H2,1-6H3/t20-,21-,22+,23+,24-,25-,26+,27+,28+,30+,31+,32+,33-/m1/s1. The molecule has 4 saturated carbocycles. The van der Waals surface area contributed by atoms with Crippen LogP contribution in [0.25, 0.3) is 0 Å². The van der Waals surface area contributed by atoms with Gasteiger partial charge in [-0.2, -0.15) is 0 Å². The van der Waals surface area contributed by atoms with Gasteiger partial charge in [-0.1, -0.05) is 48.0 Å². The second-order valence-corrected chi connectivity index (χ2v) is 15.3. The minimum Gasteiger partial charge on any atom is -0.462 e. The van der Waals surface area contributed by atoms with Crippen molar-refractivity contribution in [3.63, 3.8) is 0 Å². The van der Waals surface area contributed by atoms with E-state index in [2.05, 4.69) is 41.5 Å². The fourth-order valence-corrected chi connectivity index (χ4v) is 11.0. The van der Waals surface area contributed by atoms with Gasteiger partial charge in [0.05, 0.1) is 12.7 Å². The van der Waals surface area contributed by atoms with Gasteiger partial charge in [-0.05, 0) is 110 Å². The third-order valence-electron chi connectivity index (χ3n) is 13.4. The highest BCUT2D eigenvalue weighted by Crippen LogP contribution is 2.71. The van der Waals surface area contributed by atoms with Crippen LogP contribution in [0.5, 0.6) is 0 Å². The largest absolute Gasteiger partial charge is 0.462 e. The van der Waals surface area contributed by atoms with Crippen molar-refractivity contribution in [3.8, 4) is 0 Å². The van der Waals surface area contributed by atoms with Crippen LogP contribution in [-0.2, 0) is 19.0 Å². The monoisotopic (exact) mass is 514 g/mol. The van der Waals surface area contributed by atoms with Gasteiger partial charge in [0.15, 0.2) is 5.79 Å². The van der Waals surface area contributed by atoms with Gasteiger partial charge >= 0.3 is 5.97 Å². The topological polar surface area (TPSA) is 44.8 Å². The van der Waals surface area contributed by atoms with Gasteiger partial charge < -0.3 is 14.2 Å². The highest BCUT2D eigenvalue weighted by molar-refractivity contribution is 5.69. The molecular weight excluding hydrogens is 460 g/mol. The van der Waals surface area contributed by atoms with E-state index in [1.807, 2.05) is 0 Å². The minimum absolute atomic E-state index is 0.0332. The fraction of sp³-hybridized carbons (Fsp3) is 0.970. The summed E-state index contributed by atoms with van der Waals surface area (Å²) in [5, 5.41) is 0. The van der Waals surface area contributed by atoms with Gasteiger partial charge in [0.25, 0.3) is 0 Å². The summed E-state index contributed by atoms with van der Waals surface area (Å²) in [4.78, 5) is 12.5. The zero-order valence-electron chi connectivity index (χ0n) is 24.6. The molecule has 210 valence electrons. The molecule has 6 aliphatic rings. The molecule has 2 aliphatic heterocycles. The summed E-state index contributed by atoms with van der Waals surface area (Å²) in [6, 6.07) is 0. The first-order valence-corrected chi connectivity index (χ1v) is 16.1. The fourth-order valence-electron chi connectivity index (χ4n) is 11.0. The Morgan fingerprint density at radius 1 is 0.973 bits per heavy atom. The van der Waals surface area contributed by atoms with E-state index in [4.69, 9.17) is 14.2 Å². The second kappa shape index (κ2) is 9.50. The third kappa shape index (κ3) is 4.16. The maximum atomic E-state index is 12.5. The van der Waals surface area contributed by atoms with Gasteiger partial charge in [0, 0.05) is 18.8 Å². The molecule has 0 unspecified atom stereocenters. The molecule has 0 aromatic rings. The van der Waals surface area contributed by atoms with Crippen LogP contribution in [0.1, 0.15) is 119 Å². The lowest BCUT2D eigenvalue weighted by atomic mass is 9.44. The van der Waals surface area contributed by atoms with Gasteiger partial charge in [-0.25, -0.2) is 0 Å². The predicted molar refractivity (Wildman–Crippen MR) is 146 cm³/mol. The molecular formula is C33H54O4. The molecule has 6 rings (SSSR count). The van der Waals surface area contributed by atoms with E-state index in [0.29, 0.717) is 52.9 Å². The molecule has 4 heteroatoms. The number of carbonyl (C=O) groups excluding carboxylic acids is 1. The van der Waals surface area contributed by atoms with Crippen LogP contribution in [-0.4, -0.2) is 30.6 Å². The Bertz CT molecular complexity index is 862. The Balaban J connectivity index is 1.13. The number of carbonyl (C=O) groups is 1. The van der Waals surface area contributed by atoms with Crippen LogP contribution >= 0.6 is 0 Å². The molecule has 2 heterocycles. The van der Waals surface area contributed by atoms with Crippen LogP contribution in [0.3, 0.4) is 0 Å². The van der Waals surface area contributed by atoms with E-state index in [9.17, 15) is 4.79 Å². The first kappa shape index (κ1) is 26.6. The maximum absolute atomic E-state index is 12.5. The van der Waals surface area contributed by atoms with E-state index in [-0.39, 0.29) is 17.9 Å². The van der Waals surface area contributed by atoms with Crippen molar-refractivity contribution in [2.24, 2.45) is 58.2 Å². The molecule has 0 N–H and O–H groups in total. The third-order valence-corrected chi connectivity index (χ3v) is 13.4. The summed E-state index contributed by atoms with van der Waals surface area (Å²) in [6.07, 6.45) is 14.6. The van der Waals surface area contributed by atoms with Crippen LogP contribution < -0.4 is 0 Å². The van der Waals surface area contributed by atoms with E-state index in [1.54, 1.807) is 0 Å². The smallest absolute Gasteiger partial charge is 0.306 e. The molecule has 0 bridgehead atoms. The van der Waals surface area contributed by atoms with Crippen molar-refractivity contribution < 1.29 is 19.0 Å². The lowest BCUT2D eigenvalue weighted by molar-refractivity contribution is -0.273. The Labute approximate surface area is 226 Å². The van der Waals surface area contributed by atoms with Crippen LogP contribution in [0.4, 0.5) is 0 Å².